The molecule has 0 radical (unpaired) electrons. The number of carbonyl (C=O) groups excluding carboxylic acids is 1. The number of nitrogens with zero attached hydrogens (tertiary/aromatic N) is 2. The Morgan fingerprint density at radius 1 is 1.07 bits per heavy atom. The van der Waals surface area contributed by atoms with Gasteiger partial charge in [-0.3, -0.25) is 14.8 Å². The van der Waals surface area contributed by atoms with Crippen molar-refractivity contribution in [3.63, 3.8) is 0 Å². The van der Waals surface area contributed by atoms with Crippen LogP contribution in [0.1, 0.15) is 29.7 Å². The van der Waals surface area contributed by atoms with Crippen LogP contribution in [0.2, 0.25) is 5.02 Å². The number of aliphatic imine (C=N–C) groups is 1. The molecule has 0 saturated carbocycles. The average Bonchev–Trinajstić information content (AvgIpc) is 3.59. The monoisotopic (exact) mass is 633 g/mol. The fraction of sp³-hybridized carbons (Fsp3) is 0.233. The Balaban J connectivity index is 1.37. The van der Waals surface area contributed by atoms with E-state index < -0.39 is 42.3 Å². The van der Waals surface area contributed by atoms with Gasteiger partial charge in [-0.2, -0.15) is 0 Å². The SMILES string of the molecule is Cc1cc(C2C3=C(CN=C3c3cccc4[nH]c(=O)oc34)C(=O)N2CC(C)(F)F)ccc1Oc1ccc(OC(F)(F)F)c(Cl)c1. The molecule has 1 aromatic heterocycles. The minimum absolute atomic E-state index is 0.0359. The molecule has 3 heterocycles. The molecular formula is C30H21ClF5N3O5. The second-order valence-corrected chi connectivity index (χ2v) is 10.8. The standard InChI is InChI=1S/C30H21ClF5N3O5/c1-14-10-15(6-8-21(14)42-16-7-9-22(19(31)11-16)44-30(34,35)36)25-23-18(27(40)39(25)13-29(2,32)33)12-37-24(23)17-4-3-5-20-26(17)43-28(41)38-20/h3-11,25H,12-13H2,1-2H3,(H,38,41). The van der Waals surface area contributed by atoms with Crippen molar-refractivity contribution < 1.29 is 40.6 Å². The van der Waals surface area contributed by atoms with Crippen molar-refractivity contribution >= 4 is 34.3 Å². The van der Waals surface area contributed by atoms with Gasteiger partial charge in [-0.15, -0.1) is 13.2 Å². The van der Waals surface area contributed by atoms with Crippen LogP contribution in [0, 0.1) is 6.92 Å². The Kier molecular flexibility index (Phi) is 7.03. The van der Waals surface area contributed by atoms with Gasteiger partial charge in [0, 0.05) is 29.7 Å². The normalized spacial score (nSPS) is 17.0. The molecule has 0 fully saturated rings. The van der Waals surface area contributed by atoms with E-state index in [2.05, 4.69) is 14.7 Å². The first-order valence-corrected chi connectivity index (χ1v) is 13.5. The van der Waals surface area contributed by atoms with Gasteiger partial charge in [0.05, 0.1) is 35.4 Å². The molecule has 1 N–H and O–H groups in total. The topological polar surface area (TPSA) is 97.1 Å². The summed E-state index contributed by atoms with van der Waals surface area (Å²) in [5.41, 5.74) is 3.13. The van der Waals surface area contributed by atoms with Gasteiger partial charge >= 0.3 is 12.1 Å². The molecule has 3 aromatic carbocycles. The van der Waals surface area contributed by atoms with E-state index in [4.69, 9.17) is 20.8 Å². The number of aryl methyl sites for hydroxylation is 1. The predicted octanol–water partition coefficient (Wildman–Crippen LogP) is 7.11. The quantitative estimate of drug-likeness (QED) is 0.219. The minimum atomic E-state index is -4.92. The van der Waals surface area contributed by atoms with E-state index in [0.29, 0.717) is 39.2 Å². The highest BCUT2D eigenvalue weighted by atomic mass is 35.5. The number of alkyl halides is 5. The van der Waals surface area contributed by atoms with Crippen molar-refractivity contribution in [2.45, 2.75) is 32.2 Å². The molecule has 1 unspecified atom stereocenters. The molecule has 1 amide bonds. The van der Waals surface area contributed by atoms with Gasteiger partial charge in [0.2, 0.25) is 0 Å². The van der Waals surface area contributed by atoms with E-state index in [0.717, 1.165) is 24.0 Å². The van der Waals surface area contributed by atoms with Gasteiger partial charge in [0.15, 0.2) is 5.58 Å². The van der Waals surface area contributed by atoms with Crippen LogP contribution in [0.4, 0.5) is 22.0 Å². The Labute approximate surface area is 250 Å². The lowest BCUT2D eigenvalue weighted by molar-refractivity contribution is -0.274. The number of hydrogen-bond acceptors (Lipinski definition) is 6. The molecule has 2 aliphatic rings. The lowest BCUT2D eigenvalue weighted by atomic mass is 9.90. The molecule has 4 aromatic rings. The van der Waals surface area contributed by atoms with E-state index in [1.807, 2.05) is 0 Å². The van der Waals surface area contributed by atoms with Crippen LogP contribution >= 0.6 is 11.6 Å². The number of benzene rings is 3. The number of rotatable bonds is 7. The number of nitrogens with one attached hydrogen (secondary N) is 1. The van der Waals surface area contributed by atoms with Gasteiger partial charge in [-0.05, 0) is 54.4 Å². The molecule has 2 aliphatic heterocycles. The van der Waals surface area contributed by atoms with Crippen LogP contribution in [0.25, 0.3) is 11.1 Å². The number of oxazole rings is 1. The highest BCUT2D eigenvalue weighted by Gasteiger charge is 2.47. The maximum absolute atomic E-state index is 14.4. The predicted molar refractivity (Wildman–Crippen MR) is 150 cm³/mol. The van der Waals surface area contributed by atoms with E-state index in [1.165, 1.54) is 6.07 Å². The molecule has 8 nitrogen and oxygen atoms in total. The third kappa shape index (κ3) is 5.54. The summed E-state index contributed by atoms with van der Waals surface area (Å²) in [4.78, 5) is 33.7. The van der Waals surface area contributed by atoms with Crippen LogP contribution in [-0.2, 0) is 4.79 Å². The minimum Gasteiger partial charge on any atom is -0.457 e. The van der Waals surface area contributed by atoms with Crippen molar-refractivity contribution in [2.24, 2.45) is 4.99 Å². The number of H-pyrrole nitrogens is 1. The average molecular weight is 634 g/mol. The third-order valence-electron chi connectivity index (χ3n) is 7.10. The number of aromatic amines is 1. The van der Waals surface area contributed by atoms with Gasteiger partial charge in [-0.1, -0.05) is 23.7 Å². The number of carbonyl (C=O) groups is 1. The lowest BCUT2D eigenvalue weighted by Gasteiger charge is -2.31. The van der Waals surface area contributed by atoms with Crippen molar-refractivity contribution in [1.29, 1.82) is 0 Å². The maximum atomic E-state index is 14.4. The van der Waals surface area contributed by atoms with Crippen molar-refractivity contribution in [3.05, 3.63) is 98.0 Å². The Morgan fingerprint density at radius 3 is 2.50 bits per heavy atom. The van der Waals surface area contributed by atoms with E-state index in [9.17, 15) is 31.5 Å². The molecule has 14 heteroatoms. The zero-order chi connectivity index (χ0) is 31.6. The molecule has 228 valence electrons. The van der Waals surface area contributed by atoms with Crippen LogP contribution in [-0.4, -0.2) is 46.9 Å². The lowest BCUT2D eigenvalue weighted by Crippen LogP contribution is -2.40. The highest BCUT2D eigenvalue weighted by molar-refractivity contribution is 6.32. The summed E-state index contributed by atoms with van der Waals surface area (Å²) in [6.07, 6.45) is -4.92. The summed E-state index contributed by atoms with van der Waals surface area (Å²) < 4.78 is 81.6. The number of halogens is 6. The molecule has 1 atom stereocenters. The summed E-state index contributed by atoms with van der Waals surface area (Å²) in [6, 6.07) is 12.3. The summed E-state index contributed by atoms with van der Waals surface area (Å²) >= 11 is 5.94. The number of aromatic nitrogens is 1. The Morgan fingerprint density at radius 2 is 1.82 bits per heavy atom. The fourth-order valence-electron chi connectivity index (χ4n) is 5.43. The first-order valence-electron chi connectivity index (χ1n) is 13.1. The van der Waals surface area contributed by atoms with E-state index in [1.54, 1.807) is 43.3 Å². The second kappa shape index (κ2) is 10.5. The van der Waals surface area contributed by atoms with Crippen molar-refractivity contribution in [3.8, 4) is 17.2 Å². The summed E-state index contributed by atoms with van der Waals surface area (Å²) in [7, 11) is 0. The number of ether oxygens (including phenoxy) is 2. The fourth-order valence-corrected chi connectivity index (χ4v) is 5.64. The van der Waals surface area contributed by atoms with Gasteiger partial charge in [0.1, 0.15) is 17.2 Å². The van der Waals surface area contributed by atoms with Crippen molar-refractivity contribution in [2.75, 3.05) is 13.1 Å². The van der Waals surface area contributed by atoms with E-state index in [-0.39, 0.29) is 28.5 Å². The molecule has 0 aliphatic carbocycles. The highest BCUT2D eigenvalue weighted by Crippen LogP contribution is 2.45. The van der Waals surface area contributed by atoms with Gasteiger partial charge in [0.25, 0.3) is 11.8 Å². The number of amides is 1. The number of hydrogen-bond donors (Lipinski definition) is 1. The summed E-state index contributed by atoms with van der Waals surface area (Å²) in [5, 5.41) is -0.324. The van der Waals surface area contributed by atoms with Gasteiger partial charge < -0.3 is 18.8 Å². The molecular weight excluding hydrogens is 613 g/mol. The smallest absolute Gasteiger partial charge is 0.457 e. The largest absolute Gasteiger partial charge is 0.573 e. The second-order valence-electron chi connectivity index (χ2n) is 10.4. The number of fused-ring (bicyclic) bond motifs is 1. The molecule has 0 saturated heterocycles. The zero-order valence-electron chi connectivity index (χ0n) is 22.9. The molecule has 44 heavy (non-hydrogen) atoms. The first kappa shape index (κ1) is 29.4. The Bertz CT molecular complexity index is 1940. The van der Waals surface area contributed by atoms with Crippen LogP contribution in [0.5, 0.6) is 17.2 Å². The zero-order valence-corrected chi connectivity index (χ0v) is 23.6. The van der Waals surface area contributed by atoms with Crippen molar-refractivity contribution in [1.82, 2.24) is 9.88 Å². The van der Waals surface area contributed by atoms with Crippen LogP contribution in [0.3, 0.4) is 0 Å². The maximum Gasteiger partial charge on any atom is 0.573 e. The van der Waals surface area contributed by atoms with Crippen LogP contribution < -0.4 is 15.2 Å². The van der Waals surface area contributed by atoms with Crippen LogP contribution in [0.15, 0.2) is 79.9 Å². The third-order valence-corrected chi connectivity index (χ3v) is 7.40. The molecule has 6 rings (SSSR count). The summed E-state index contributed by atoms with van der Waals surface area (Å²) in [6.45, 7) is 1.52. The number of para-hydroxylation sites is 1. The first-order chi connectivity index (χ1) is 20.7. The molecule has 0 bridgehead atoms. The van der Waals surface area contributed by atoms with E-state index >= 15 is 0 Å². The Hall–Kier alpha value is -4.65. The molecule has 0 spiro atoms. The van der Waals surface area contributed by atoms with Gasteiger partial charge in [-0.25, -0.2) is 13.6 Å². The summed E-state index contributed by atoms with van der Waals surface area (Å²) in [5.74, 6) is -4.63.